The van der Waals surface area contributed by atoms with E-state index in [1.807, 2.05) is 24.3 Å². The topological polar surface area (TPSA) is 78.9 Å². The highest BCUT2D eigenvalue weighted by molar-refractivity contribution is 5.71. The van der Waals surface area contributed by atoms with Crippen LogP contribution in [0, 0.1) is 0 Å². The lowest BCUT2D eigenvalue weighted by atomic mass is 10.1. The third kappa shape index (κ3) is 52.5. The average molecular weight is 939 g/mol. The molecule has 0 bridgehead atoms. The van der Waals surface area contributed by atoms with Crippen LogP contribution in [-0.4, -0.2) is 37.2 Å². The zero-order valence-corrected chi connectivity index (χ0v) is 43.6. The lowest BCUT2D eigenvalue weighted by Gasteiger charge is -2.18. The zero-order valence-electron chi connectivity index (χ0n) is 43.6. The quantitative estimate of drug-likeness (QED) is 0.0199. The summed E-state index contributed by atoms with van der Waals surface area (Å²) in [6.07, 6.45) is 77.2. The third-order valence-corrected chi connectivity index (χ3v) is 11.0. The van der Waals surface area contributed by atoms with Gasteiger partial charge >= 0.3 is 17.9 Å². The first kappa shape index (κ1) is 63.5. The maximum Gasteiger partial charge on any atom is 0.306 e. The lowest BCUT2D eigenvalue weighted by Crippen LogP contribution is -2.30. The Bertz CT molecular complexity index is 1500. The van der Waals surface area contributed by atoms with E-state index in [4.69, 9.17) is 14.2 Å². The smallest absolute Gasteiger partial charge is 0.306 e. The van der Waals surface area contributed by atoms with Gasteiger partial charge in [-0.1, -0.05) is 231 Å². The van der Waals surface area contributed by atoms with Crippen molar-refractivity contribution < 1.29 is 28.6 Å². The molecule has 1 unspecified atom stereocenters. The summed E-state index contributed by atoms with van der Waals surface area (Å²) >= 11 is 0. The molecule has 0 aliphatic carbocycles. The second-order valence-electron chi connectivity index (χ2n) is 17.5. The van der Waals surface area contributed by atoms with Crippen LogP contribution in [0.5, 0.6) is 0 Å². The maximum absolute atomic E-state index is 12.8. The third-order valence-electron chi connectivity index (χ3n) is 11.0. The lowest BCUT2D eigenvalue weighted by molar-refractivity contribution is -0.167. The fraction of sp³-hybridized carbons (Fsp3) is 0.597. The second-order valence-corrected chi connectivity index (χ2v) is 17.5. The van der Waals surface area contributed by atoms with Crippen LogP contribution in [-0.2, 0) is 28.6 Å². The van der Waals surface area contributed by atoms with E-state index in [0.29, 0.717) is 19.3 Å². The molecule has 0 heterocycles. The van der Waals surface area contributed by atoms with Gasteiger partial charge in [0.2, 0.25) is 0 Å². The van der Waals surface area contributed by atoms with Gasteiger partial charge in [-0.3, -0.25) is 14.4 Å². The van der Waals surface area contributed by atoms with Crippen molar-refractivity contribution in [1.29, 1.82) is 0 Å². The van der Waals surface area contributed by atoms with Crippen LogP contribution in [0.1, 0.15) is 220 Å². The summed E-state index contributed by atoms with van der Waals surface area (Å²) < 4.78 is 16.7. The average Bonchev–Trinajstić information content (AvgIpc) is 3.34. The molecule has 0 radical (unpaired) electrons. The first-order valence-electron chi connectivity index (χ1n) is 27.3. The highest BCUT2D eigenvalue weighted by atomic mass is 16.6. The number of allylic oxidation sites excluding steroid dienone is 22. The van der Waals surface area contributed by atoms with Gasteiger partial charge in [0, 0.05) is 19.3 Å². The van der Waals surface area contributed by atoms with E-state index in [-0.39, 0.29) is 37.5 Å². The SMILES string of the molecule is CC\C=C/C=C\C=C/C=C\CCCCCCCC(=O)OCC(COC(=O)CCCCCCC\C=C/C=C\C=C/CCCCCCC)OC(=O)CCC/C=C\C/C=C\C/C=C\C/C=C\CCCCC. The Morgan fingerprint density at radius 1 is 0.324 bits per heavy atom. The number of hydrogen-bond donors (Lipinski definition) is 0. The summed E-state index contributed by atoms with van der Waals surface area (Å²) in [4.78, 5) is 38.1. The van der Waals surface area contributed by atoms with E-state index in [1.54, 1.807) is 0 Å². The molecule has 6 nitrogen and oxygen atoms in total. The minimum atomic E-state index is -0.831. The van der Waals surface area contributed by atoms with Gasteiger partial charge < -0.3 is 14.2 Å². The van der Waals surface area contributed by atoms with Gasteiger partial charge in [0.1, 0.15) is 13.2 Å². The number of rotatable bonds is 47. The zero-order chi connectivity index (χ0) is 49.3. The Hall–Kier alpha value is -4.45. The molecule has 0 rings (SSSR count). The minimum Gasteiger partial charge on any atom is -0.462 e. The van der Waals surface area contributed by atoms with Crippen LogP contribution in [0.15, 0.2) is 134 Å². The van der Waals surface area contributed by atoms with E-state index < -0.39 is 6.10 Å². The summed E-state index contributed by atoms with van der Waals surface area (Å²) in [6, 6.07) is 0. The predicted octanol–water partition coefficient (Wildman–Crippen LogP) is 18.3. The Balaban J connectivity index is 4.58. The van der Waals surface area contributed by atoms with Gasteiger partial charge in [0.25, 0.3) is 0 Å². The van der Waals surface area contributed by atoms with Crippen molar-refractivity contribution in [3.63, 3.8) is 0 Å². The van der Waals surface area contributed by atoms with Crippen LogP contribution in [0.4, 0.5) is 0 Å². The number of unbranched alkanes of at least 4 members (excludes halogenated alkanes) is 19. The van der Waals surface area contributed by atoms with Gasteiger partial charge in [-0.05, 0) is 103 Å². The molecule has 0 aliphatic heterocycles. The second kappa shape index (κ2) is 55.1. The summed E-state index contributed by atoms with van der Waals surface area (Å²) in [6.45, 7) is 6.36. The molecule has 6 heteroatoms. The number of esters is 3. The number of carbonyl (C=O) groups is 3. The van der Waals surface area contributed by atoms with Crippen molar-refractivity contribution in [3.8, 4) is 0 Å². The molecule has 0 aliphatic rings. The van der Waals surface area contributed by atoms with E-state index in [0.717, 1.165) is 116 Å². The minimum absolute atomic E-state index is 0.123. The number of ether oxygens (including phenoxy) is 3. The van der Waals surface area contributed by atoms with Crippen molar-refractivity contribution >= 4 is 17.9 Å². The molecule has 0 saturated carbocycles. The number of hydrogen-bond acceptors (Lipinski definition) is 6. The molecule has 0 amide bonds. The molecule has 68 heavy (non-hydrogen) atoms. The van der Waals surface area contributed by atoms with Gasteiger partial charge in [-0.25, -0.2) is 0 Å². The van der Waals surface area contributed by atoms with E-state index >= 15 is 0 Å². The Kier molecular flexibility index (Phi) is 51.5. The van der Waals surface area contributed by atoms with Crippen molar-refractivity contribution in [2.24, 2.45) is 0 Å². The first-order chi connectivity index (χ1) is 33.5. The van der Waals surface area contributed by atoms with Crippen LogP contribution >= 0.6 is 0 Å². The van der Waals surface area contributed by atoms with Crippen molar-refractivity contribution in [1.82, 2.24) is 0 Å². The summed E-state index contributed by atoms with van der Waals surface area (Å²) in [5.41, 5.74) is 0. The monoisotopic (exact) mass is 939 g/mol. The predicted molar refractivity (Wildman–Crippen MR) is 292 cm³/mol. The highest BCUT2D eigenvalue weighted by Gasteiger charge is 2.19. The van der Waals surface area contributed by atoms with Crippen molar-refractivity contribution in [2.75, 3.05) is 13.2 Å². The summed E-state index contributed by atoms with van der Waals surface area (Å²) in [5, 5.41) is 0. The molecule has 382 valence electrons. The van der Waals surface area contributed by atoms with Crippen LogP contribution < -0.4 is 0 Å². The molecule has 0 fully saturated rings. The molecular formula is C62H98O6. The molecule has 0 spiro atoms. The largest absolute Gasteiger partial charge is 0.462 e. The van der Waals surface area contributed by atoms with Gasteiger partial charge in [-0.15, -0.1) is 0 Å². The molecule has 0 aromatic heterocycles. The fourth-order valence-electron chi connectivity index (χ4n) is 6.92. The molecule has 0 aromatic carbocycles. The van der Waals surface area contributed by atoms with Gasteiger partial charge in [-0.2, -0.15) is 0 Å². The van der Waals surface area contributed by atoms with Crippen LogP contribution in [0.2, 0.25) is 0 Å². The highest BCUT2D eigenvalue weighted by Crippen LogP contribution is 2.12. The first-order valence-corrected chi connectivity index (χ1v) is 27.3. The van der Waals surface area contributed by atoms with E-state index in [9.17, 15) is 14.4 Å². The van der Waals surface area contributed by atoms with Crippen LogP contribution in [0.3, 0.4) is 0 Å². The molecule has 1 atom stereocenters. The van der Waals surface area contributed by atoms with E-state index in [2.05, 4.69) is 130 Å². The van der Waals surface area contributed by atoms with E-state index in [1.165, 1.54) is 57.8 Å². The normalized spacial score (nSPS) is 13.2. The molecule has 0 N–H and O–H groups in total. The molecular weight excluding hydrogens is 841 g/mol. The molecule has 0 saturated heterocycles. The van der Waals surface area contributed by atoms with Gasteiger partial charge in [0.05, 0.1) is 0 Å². The van der Waals surface area contributed by atoms with Crippen molar-refractivity contribution in [3.05, 3.63) is 134 Å². The Labute approximate surface area is 417 Å². The standard InChI is InChI=1S/C62H98O6/c1-4-7-10-13-16-19-22-25-28-30-32-34-37-40-43-46-49-52-55-61(64)67-58-59(57-66-60(63)54-51-48-45-42-39-36-33-27-24-21-18-15-12-9-6-3)68-62(65)56-53-50-47-44-41-38-35-31-29-26-23-20-17-14-11-8-5-2/h9,12,15,17-18,20-22,24-30,32-35,38,44,47,59H,4-8,10-11,13-14,16,19,23,31,36-37,39-43,45-46,48-58H2,1-3H3/b12-9-,18-15-,20-17-,24-21-,25-22-,29-26-,30-28-,33-27-,34-32-,38-35-,47-44-. The maximum atomic E-state index is 12.8. The van der Waals surface area contributed by atoms with Gasteiger partial charge in [0.15, 0.2) is 6.10 Å². The molecule has 0 aromatic rings. The summed E-state index contributed by atoms with van der Waals surface area (Å²) in [5.74, 6) is -1.03. The van der Waals surface area contributed by atoms with Crippen molar-refractivity contribution in [2.45, 2.75) is 226 Å². The Morgan fingerprint density at radius 3 is 1.10 bits per heavy atom. The van der Waals surface area contributed by atoms with Crippen LogP contribution in [0.25, 0.3) is 0 Å². The number of carbonyl (C=O) groups excluding carboxylic acids is 3. The Morgan fingerprint density at radius 2 is 0.647 bits per heavy atom. The summed E-state index contributed by atoms with van der Waals surface area (Å²) in [7, 11) is 0. The fourth-order valence-corrected chi connectivity index (χ4v) is 6.92.